The molecule has 1 atom stereocenters. The van der Waals surface area contributed by atoms with E-state index in [-0.39, 0.29) is 27.9 Å². The summed E-state index contributed by atoms with van der Waals surface area (Å²) in [7, 11) is 0. The molecule has 40 heavy (non-hydrogen) atoms. The van der Waals surface area contributed by atoms with Crippen molar-refractivity contribution in [3.63, 3.8) is 0 Å². The number of carbonyl (C=O) groups is 1. The molecule has 15 heteroatoms. The number of rotatable bonds is 6. The Bertz CT molecular complexity index is 1600. The molecule has 6 rings (SSSR count). The summed E-state index contributed by atoms with van der Waals surface area (Å²) in [5.74, 6) is -1.06. The van der Waals surface area contributed by atoms with Crippen LogP contribution < -0.4 is 31.0 Å². The molecular weight excluding hydrogens is 552 g/mol. The second kappa shape index (κ2) is 10.0. The van der Waals surface area contributed by atoms with Crippen LogP contribution in [0.25, 0.3) is 11.4 Å². The molecule has 212 valence electrons. The molecule has 5 heterocycles. The highest BCUT2D eigenvalue weighted by molar-refractivity contribution is 6.32. The summed E-state index contributed by atoms with van der Waals surface area (Å²) >= 11 is 6.54. The minimum Gasteiger partial charge on any atom is -0.395 e. The maximum atomic E-state index is 14.0. The highest BCUT2D eigenvalue weighted by Gasteiger charge is 2.44. The number of alkyl halides is 2. The van der Waals surface area contributed by atoms with Crippen molar-refractivity contribution in [2.24, 2.45) is 5.73 Å². The molecule has 0 aliphatic carbocycles. The summed E-state index contributed by atoms with van der Waals surface area (Å²) < 4.78 is 44.9. The van der Waals surface area contributed by atoms with Crippen molar-refractivity contribution >= 4 is 34.5 Å². The van der Waals surface area contributed by atoms with E-state index in [0.29, 0.717) is 69.4 Å². The van der Waals surface area contributed by atoms with E-state index in [1.54, 1.807) is 0 Å². The van der Waals surface area contributed by atoms with Crippen molar-refractivity contribution < 1.29 is 27.8 Å². The third-order valence-corrected chi connectivity index (χ3v) is 7.45. The smallest absolute Gasteiger partial charge is 0.395 e. The van der Waals surface area contributed by atoms with Crippen molar-refractivity contribution in [2.75, 3.05) is 44.3 Å². The van der Waals surface area contributed by atoms with Crippen LogP contribution in [-0.2, 0) is 16.0 Å². The number of nitrogens with one attached hydrogen (secondary N) is 1. The topological polar surface area (TPSA) is 138 Å². The van der Waals surface area contributed by atoms with Gasteiger partial charge in [-0.15, -0.1) is 13.9 Å². The highest BCUT2D eigenvalue weighted by atomic mass is 35.5. The maximum Gasteiger partial charge on any atom is 0.586 e. The van der Waals surface area contributed by atoms with E-state index in [4.69, 9.17) is 22.1 Å². The van der Waals surface area contributed by atoms with E-state index in [0.717, 1.165) is 16.2 Å². The fourth-order valence-electron chi connectivity index (χ4n) is 5.35. The lowest BCUT2D eigenvalue weighted by molar-refractivity contribution is -0.286. The molecule has 0 saturated carbocycles. The molecule has 1 amide bonds. The van der Waals surface area contributed by atoms with Crippen LogP contribution in [0.1, 0.15) is 36.5 Å². The molecule has 1 unspecified atom stereocenters. The first-order valence-electron chi connectivity index (χ1n) is 12.8. The summed E-state index contributed by atoms with van der Waals surface area (Å²) in [4.78, 5) is 33.8. The number of aromatic nitrogens is 4. The molecule has 0 bridgehead atoms. The Balaban J connectivity index is 1.64. The number of benzene rings is 1. The molecule has 0 radical (unpaired) electrons. The largest absolute Gasteiger partial charge is 0.586 e. The van der Waals surface area contributed by atoms with Gasteiger partial charge in [0.1, 0.15) is 11.7 Å². The van der Waals surface area contributed by atoms with Crippen LogP contribution in [0, 0.1) is 0 Å². The molecule has 0 spiro atoms. The van der Waals surface area contributed by atoms with Gasteiger partial charge in [-0.3, -0.25) is 14.2 Å². The summed E-state index contributed by atoms with van der Waals surface area (Å²) in [5.41, 5.74) is 7.28. The fourth-order valence-corrected chi connectivity index (χ4v) is 5.61. The lowest BCUT2D eigenvalue weighted by Gasteiger charge is -2.32. The van der Waals surface area contributed by atoms with Crippen molar-refractivity contribution in [1.29, 1.82) is 0 Å². The normalized spacial score (nSPS) is 19.1. The molecule has 3 aliphatic rings. The molecule has 3 aromatic rings. The SMILES string of the molecule is CCc1c(N2CCNCC2)c(=O)n2nc(C3=CCOCC3)nc2n1C(C(N)=O)c1cc2c(cc1Cl)OC(F)(F)O2. The van der Waals surface area contributed by atoms with Gasteiger partial charge in [0, 0.05) is 37.8 Å². The third-order valence-electron chi connectivity index (χ3n) is 7.13. The van der Waals surface area contributed by atoms with Gasteiger partial charge in [0.25, 0.3) is 5.56 Å². The van der Waals surface area contributed by atoms with Gasteiger partial charge in [-0.1, -0.05) is 24.6 Å². The van der Waals surface area contributed by atoms with E-state index in [1.165, 1.54) is 10.6 Å². The Hall–Kier alpha value is -3.75. The number of amides is 1. The van der Waals surface area contributed by atoms with Gasteiger partial charge in [-0.2, -0.15) is 9.50 Å². The molecule has 1 saturated heterocycles. The Morgan fingerprint density at radius 2 is 1.98 bits per heavy atom. The average Bonchev–Trinajstić information content (AvgIpc) is 3.51. The molecular formula is C25H26ClF2N7O5. The standard InChI is InChI=1S/C25H26ClF2N7O5/c1-2-16-20(33-7-5-30-6-8-33)23(37)35-24(31-22(32-35)13-3-9-38-10-4-13)34(16)19(21(29)36)14-11-17-18(12-15(14)26)40-25(27,28)39-17/h3,11-12,19,30H,2,4-10H2,1H3,(H2,29,36). The zero-order chi connectivity index (χ0) is 28.2. The maximum absolute atomic E-state index is 14.0. The van der Waals surface area contributed by atoms with E-state index in [9.17, 15) is 18.4 Å². The average molecular weight is 578 g/mol. The summed E-state index contributed by atoms with van der Waals surface area (Å²) in [6, 6.07) is 0.995. The number of anilines is 1. The van der Waals surface area contributed by atoms with Gasteiger partial charge >= 0.3 is 6.29 Å². The predicted octanol–water partition coefficient (Wildman–Crippen LogP) is 1.72. The quantitative estimate of drug-likeness (QED) is 0.448. The number of ether oxygens (including phenoxy) is 3. The van der Waals surface area contributed by atoms with Gasteiger partial charge in [-0.05, 0) is 24.5 Å². The second-order valence-electron chi connectivity index (χ2n) is 9.56. The van der Waals surface area contributed by atoms with E-state index in [2.05, 4.69) is 24.9 Å². The number of hydrogen-bond acceptors (Lipinski definition) is 9. The summed E-state index contributed by atoms with van der Waals surface area (Å²) in [6.07, 6.45) is -1.20. The minimum absolute atomic E-state index is 0.0571. The van der Waals surface area contributed by atoms with Crippen molar-refractivity contribution in [1.82, 2.24) is 24.5 Å². The lowest BCUT2D eigenvalue weighted by Crippen LogP contribution is -2.47. The van der Waals surface area contributed by atoms with E-state index < -0.39 is 23.8 Å². The van der Waals surface area contributed by atoms with Crippen LogP contribution in [0.4, 0.5) is 14.5 Å². The first-order valence-corrected chi connectivity index (χ1v) is 13.2. The number of carbonyl (C=O) groups excluding carboxylic acids is 1. The Morgan fingerprint density at radius 3 is 2.62 bits per heavy atom. The van der Waals surface area contributed by atoms with Gasteiger partial charge in [0.15, 0.2) is 17.3 Å². The van der Waals surface area contributed by atoms with Crippen LogP contribution >= 0.6 is 11.6 Å². The number of fused-ring (bicyclic) bond motifs is 2. The van der Waals surface area contributed by atoms with Crippen molar-refractivity contribution in [3.05, 3.63) is 50.7 Å². The van der Waals surface area contributed by atoms with Gasteiger partial charge in [-0.25, -0.2) is 0 Å². The number of nitrogens with two attached hydrogens (primary N) is 1. The van der Waals surface area contributed by atoms with Crippen LogP contribution in [0.15, 0.2) is 23.0 Å². The number of nitrogens with zero attached hydrogens (tertiary/aromatic N) is 5. The highest BCUT2D eigenvalue weighted by Crippen LogP contribution is 2.45. The van der Waals surface area contributed by atoms with Crippen molar-refractivity contribution in [2.45, 2.75) is 32.1 Å². The van der Waals surface area contributed by atoms with Gasteiger partial charge in [0.2, 0.25) is 11.7 Å². The molecule has 3 N–H and O–H groups in total. The minimum atomic E-state index is -3.89. The number of primary amides is 1. The Kier molecular flexibility index (Phi) is 6.63. The molecule has 2 aromatic heterocycles. The number of halogens is 3. The van der Waals surface area contributed by atoms with E-state index in [1.807, 2.05) is 17.9 Å². The van der Waals surface area contributed by atoms with Crippen LogP contribution in [0.3, 0.4) is 0 Å². The zero-order valence-corrected chi connectivity index (χ0v) is 22.2. The summed E-state index contributed by atoms with van der Waals surface area (Å²) in [6.45, 7) is 5.07. The van der Waals surface area contributed by atoms with E-state index >= 15 is 0 Å². The molecule has 1 aromatic carbocycles. The Labute approximate surface area is 231 Å². The second-order valence-corrected chi connectivity index (χ2v) is 9.96. The van der Waals surface area contributed by atoms with Crippen LogP contribution in [0.2, 0.25) is 5.02 Å². The molecule has 12 nitrogen and oxygen atoms in total. The number of piperazine rings is 1. The van der Waals surface area contributed by atoms with Gasteiger partial charge in [0.05, 0.1) is 23.9 Å². The van der Waals surface area contributed by atoms with Crippen molar-refractivity contribution in [3.8, 4) is 11.5 Å². The fraction of sp³-hybridized carbons (Fsp3) is 0.440. The monoisotopic (exact) mass is 577 g/mol. The van der Waals surface area contributed by atoms with Crippen LogP contribution in [-0.4, -0.2) is 70.8 Å². The third kappa shape index (κ3) is 4.45. The first kappa shape index (κ1) is 26.5. The number of hydrogen-bond donors (Lipinski definition) is 2. The molecule has 3 aliphatic heterocycles. The lowest BCUT2D eigenvalue weighted by atomic mass is 10.0. The van der Waals surface area contributed by atoms with Gasteiger partial charge < -0.3 is 30.2 Å². The zero-order valence-electron chi connectivity index (χ0n) is 21.5. The summed E-state index contributed by atoms with van der Waals surface area (Å²) in [5, 5.41) is 7.74. The van der Waals surface area contributed by atoms with Crippen LogP contribution in [0.5, 0.6) is 11.5 Å². The predicted molar refractivity (Wildman–Crippen MR) is 140 cm³/mol. The Morgan fingerprint density at radius 1 is 1.25 bits per heavy atom. The molecule has 1 fully saturated rings. The first-order chi connectivity index (χ1) is 19.2.